The summed E-state index contributed by atoms with van der Waals surface area (Å²) in [5.41, 5.74) is -0.596. The summed E-state index contributed by atoms with van der Waals surface area (Å²) < 4.78 is 39.6. The lowest BCUT2D eigenvalue weighted by atomic mass is 10.0. The topological polar surface area (TPSA) is 98.5 Å². The van der Waals surface area contributed by atoms with Crippen molar-refractivity contribution < 1.29 is 22.7 Å². The second kappa shape index (κ2) is 5.42. The average Bonchev–Trinajstić information content (AvgIpc) is 2.81. The van der Waals surface area contributed by atoms with E-state index >= 15 is 0 Å². The van der Waals surface area contributed by atoms with E-state index in [9.17, 15) is 22.7 Å². The highest BCUT2D eigenvalue weighted by atomic mass is 32.2. The molecular formula is C13H13FN2O4S. The van der Waals surface area contributed by atoms with E-state index in [1.165, 1.54) is 12.1 Å². The normalized spacial score (nSPS) is 22.9. The van der Waals surface area contributed by atoms with Gasteiger partial charge in [-0.25, -0.2) is 12.8 Å². The molecule has 21 heavy (non-hydrogen) atoms. The number of halogens is 1. The molecule has 6 nitrogen and oxygen atoms in total. The number of carboxylic acid groups (broad SMARTS) is 1. The monoisotopic (exact) mass is 312 g/mol. The van der Waals surface area contributed by atoms with E-state index in [-0.39, 0.29) is 12.5 Å². The molecule has 2 unspecified atom stereocenters. The van der Waals surface area contributed by atoms with Crippen LogP contribution in [0.3, 0.4) is 0 Å². The minimum atomic E-state index is -4.24. The number of nitriles is 1. The van der Waals surface area contributed by atoms with Gasteiger partial charge in [-0.15, -0.1) is 0 Å². The Morgan fingerprint density at radius 2 is 2.19 bits per heavy atom. The molecule has 8 heteroatoms. The minimum absolute atomic E-state index is 0.0296. The third-order valence-corrected chi connectivity index (χ3v) is 5.50. The van der Waals surface area contributed by atoms with Gasteiger partial charge >= 0.3 is 5.97 Å². The van der Waals surface area contributed by atoms with Crippen molar-refractivity contribution in [3.63, 3.8) is 0 Å². The first kappa shape index (κ1) is 15.4. The van der Waals surface area contributed by atoms with Crippen molar-refractivity contribution in [1.82, 2.24) is 4.31 Å². The van der Waals surface area contributed by atoms with Gasteiger partial charge in [-0.1, -0.05) is 13.0 Å². The quantitative estimate of drug-likeness (QED) is 0.903. The second-order valence-corrected chi connectivity index (χ2v) is 6.75. The van der Waals surface area contributed by atoms with Crippen LogP contribution in [0.5, 0.6) is 0 Å². The average molecular weight is 312 g/mol. The molecule has 0 aromatic heterocycles. The summed E-state index contributed by atoms with van der Waals surface area (Å²) in [4.78, 5) is 10.8. The van der Waals surface area contributed by atoms with Crippen LogP contribution in [0.15, 0.2) is 23.1 Å². The molecule has 0 saturated carbocycles. The van der Waals surface area contributed by atoms with Crippen molar-refractivity contribution in [2.75, 3.05) is 6.54 Å². The molecule has 1 heterocycles. The molecule has 1 aromatic rings. The maximum atomic E-state index is 13.6. The van der Waals surface area contributed by atoms with Gasteiger partial charge in [0, 0.05) is 6.54 Å². The molecule has 1 fully saturated rings. The Hall–Kier alpha value is -1.98. The summed E-state index contributed by atoms with van der Waals surface area (Å²) in [6.45, 7) is 1.67. The molecule has 2 atom stereocenters. The van der Waals surface area contributed by atoms with Crippen molar-refractivity contribution in [2.24, 2.45) is 5.92 Å². The SMILES string of the molecule is CC1CCN(S(=O)(=O)c2cccc(F)c2C#N)C1C(=O)O. The summed E-state index contributed by atoms with van der Waals surface area (Å²) in [6.07, 6.45) is 0.396. The summed E-state index contributed by atoms with van der Waals surface area (Å²) in [5, 5.41) is 18.1. The van der Waals surface area contributed by atoms with Crippen molar-refractivity contribution in [3.8, 4) is 6.07 Å². The number of carboxylic acids is 1. The molecule has 112 valence electrons. The van der Waals surface area contributed by atoms with Crippen LogP contribution in [-0.4, -0.2) is 36.4 Å². The van der Waals surface area contributed by atoms with Gasteiger partial charge in [0.2, 0.25) is 10.0 Å². The summed E-state index contributed by atoms with van der Waals surface area (Å²) >= 11 is 0. The van der Waals surface area contributed by atoms with E-state index in [0.717, 1.165) is 16.4 Å². The molecule has 1 aliphatic heterocycles. The molecule has 0 amide bonds. The van der Waals surface area contributed by atoms with E-state index in [0.29, 0.717) is 6.42 Å². The predicted octanol–water partition coefficient (Wildman–Crippen LogP) is 1.18. The molecule has 1 aliphatic rings. The summed E-state index contributed by atoms with van der Waals surface area (Å²) in [7, 11) is -4.24. The fraction of sp³-hybridized carbons (Fsp3) is 0.385. The minimum Gasteiger partial charge on any atom is -0.480 e. The van der Waals surface area contributed by atoms with Crippen molar-refractivity contribution in [1.29, 1.82) is 5.26 Å². The smallest absolute Gasteiger partial charge is 0.322 e. The van der Waals surface area contributed by atoms with Gasteiger partial charge in [-0.2, -0.15) is 9.57 Å². The van der Waals surface area contributed by atoms with Crippen molar-refractivity contribution in [2.45, 2.75) is 24.3 Å². The Kier molecular flexibility index (Phi) is 3.98. The number of rotatable bonds is 3. The van der Waals surface area contributed by atoms with Gasteiger partial charge in [0.05, 0.1) is 0 Å². The number of sulfonamides is 1. The zero-order chi connectivity index (χ0) is 15.8. The highest BCUT2D eigenvalue weighted by Crippen LogP contribution is 2.31. The molecule has 0 radical (unpaired) electrons. The molecule has 2 rings (SSSR count). The summed E-state index contributed by atoms with van der Waals surface area (Å²) in [5.74, 6) is -2.55. The van der Waals surface area contributed by atoms with Crippen molar-refractivity contribution in [3.05, 3.63) is 29.6 Å². The van der Waals surface area contributed by atoms with Crippen LogP contribution in [0, 0.1) is 23.1 Å². The first-order valence-electron chi connectivity index (χ1n) is 6.24. The van der Waals surface area contributed by atoms with Gasteiger partial charge in [-0.05, 0) is 24.5 Å². The van der Waals surface area contributed by atoms with Crippen LogP contribution in [-0.2, 0) is 14.8 Å². The number of carbonyl (C=O) groups is 1. The van der Waals surface area contributed by atoms with Crippen LogP contribution in [0.1, 0.15) is 18.9 Å². The maximum absolute atomic E-state index is 13.6. The van der Waals surface area contributed by atoms with Crippen LogP contribution in [0.4, 0.5) is 4.39 Å². The highest BCUT2D eigenvalue weighted by Gasteiger charge is 2.44. The molecule has 1 aromatic carbocycles. The molecule has 1 N–H and O–H groups in total. The van der Waals surface area contributed by atoms with Crippen molar-refractivity contribution >= 4 is 16.0 Å². The molecule has 0 bridgehead atoms. The van der Waals surface area contributed by atoms with Gasteiger partial charge in [0.25, 0.3) is 0 Å². The lowest BCUT2D eigenvalue weighted by Gasteiger charge is -2.23. The summed E-state index contributed by atoms with van der Waals surface area (Å²) in [6, 6.07) is 3.59. The zero-order valence-corrected chi connectivity index (χ0v) is 12.0. The number of aliphatic carboxylic acids is 1. The lowest BCUT2D eigenvalue weighted by Crippen LogP contribution is -2.42. The number of nitrogens with zero attached hydrogens (tertiary/aromatic N) is 2. The highest BCUT2D eigenvalue weighted by molar-refractivity contribution is 7.89. The molecule has 0 aliphatic carbocycles. The van der Waals surface area contributed by atoms with Gasteiger partial charge in [0.1, 0.15) is 28.4 Å². The van der Waals surface area contributed by atoms with Gasteiger partial charge in [0.15, 0.2) is 0 Å². The zero-order valence-electron chi connectivity index (χ0n) is 11.2. The van der Waals surface area contributed by atoms with E-state index in [4.69, 9.17) is 5.26 Å². The largest absolute Gasteiger partial charge is 0.480 e. The first-order valence-corrected chi connectivity index (χ1v) is 7.68. The second-order valence-electron chi connectivity index (χ2n) is 4.89. The molecule has 1 saturated heterocycles. The fourth-order valence-electron chi connectivity index (χ4n) is 2.50. The van der Waals surface area contributed by atoms with E-state index in [2.05, 4.69) is 0 Å². The Bertz CT molecular complexity index is 726. The van der Waals surface area contributed by atoms with E-state index in [1.807, 2.05) is 0 Å². The first-order chi connectivity index (χ1) is 9.80. The standard InChI is InChI=1S/C13H13FN2O4S/c1-8-5-6-16(12(8)13(17)18)21(19,20)11-4-2-3-10(14)9(11)7-15/h2-4,8,12H,5-6H2,1H3,(H,17,18). The Labute approximate surface area is 121 Å². The Morgan fingerprint density at radius 1 is 1.52 bits per heavy atom. The predicted molar refractivity (Wildman–Crippen MR) is 70.2 cm³/mol. The van der Waals surface area contributed by atoms with E-state index in [1.54, 1.807) is 6.92 Å². The van der Waals surface area contributed by atoms with Crippen LogP contribution in [0.2, 0.25) is 0 Å². The Morgan fingerprint density at radius 3 is 2.76 bits per heavy atom. The Balaban J connectivity index is 2.56. The maximum Gasteiger partial charge on any atom is 0.322 e. The van der Waals surface area contributed by atoms with Crippen LogP contribution >= 0.6 is 0 Å². The van der Waals surface area contributed by atoms with Crippen LogP contribution < -0.4 is 0 Å². The third-order valence-electron chi connectivity index (χ3n) is 3.58. The third kappa shape index (κ3) is 2.50. The lowest BCUT2D eigenvalue weighted by molar-refractivity contribution is -0.141. The number of hydrogen-bond acceptors (Lipinski definition) is 4. The number of hydrogen-bond donors (Lipinski definition) is 1. The van der Waals surface area contributed by atoms with E-state index < -0.39 is 38.3 Å². The van der Waals surface area contributed by atoms with Crippen LogP contribution in [0.25, 0.3) is 0 Å². The van der Waals surface area contributed by atoms with Gasteiger partial charge in [-0.3, -0.25) is 4.79 Å². The molecular weight excluding hydrogens is 299 g/mol. The number of benzene rings is 1. The van der Waals surface area contributed by atoms with Gasteiger partial charge < -0.3 is 5.11 Å². The fourth-order valence-corrected chi connectivity index (χ4v) is 4.35. The molecule has 0 spiro atoms.